The molecule has 39 heavy (non-hydrogen) atoms. The summed E-state index contributed by atoms with van der Waals surface area (Å²) >= 11 is 0. The number of hydrogen-bond acceptors (Lipinski definition) is 2. The predicted molar refractivity (Wildman–Crippen MR) is 152 cm³/mol. The van der Waals surface area contributed by atoms with E-state index in [0.29, 0.717) is 30.3 Å². The zero-order chi connectivity index (χ0) is 27.6. The van der Waals surface area contributed by atoms with Crippen LogP contribution in [0, 0.1) is 23.4 Å². The van der Waals surface area contributed by atoms with Crippen LogP contribution in [0.1, 0.15) is 76.9 Å². The van der Waals surface area contributed by atoms with Gasteiger partial charge in [0.15, 0.2) is 11.6 Å². The molecule has 3 aromatic rings. The van der Waals surface area contributed by atoms with E-state index in [0.717, 1.165) is 62.5 Å². The maximum absolute atomic E-state index is 15.1. The molecule has 1 heterocycles. The first-order chi connectivity index (χ1) is 19.0. The summed E-state index contributed by atoms with van der Waals surface area (Å²) in [6.45, 7) is 5.17. The molecule has 0 aliphatic carbocycles. The van der Waals surface area contributed by atoms with Crippen LogP contribution in [-0.4, -0.2) is 13.2 Å². The van der Waals surface area contributed by atoms with E-state index in [4.69, 9.17) is 9.47 Å². The fourth-order valence-corrected chi connectivity index (χ4v) is 5.16. The van der Waals surface area contributed by atoms with E-state index in [-0.39, 0.29) is 23.2 Å². The molecule has 0 amide bonds. The topological polar surface area (TPSA) is 18.5 Å². The second kappa shape index (κ2) is 14.4. The normalized spacial score (nSPS) is 17.6. The van der Waals surface area contributed by atoms with E-state index < -0.39 is 11.6 Å². The van der Waals surface area contributed by atoms with Crippen molar-refractivity contribution >= 4 is 0 Å². The Kier molecular flexibility index (Phi) is 10.7. The summed E-state index contributed by atoms with van der Waals surface area (Å²) < 4.78 is 56.1. The van der Waals surface area contributed by atoms with Gasteiger partial charge in [-0.05, 0) is 79.8 Å². The summed E-state index contributed by atoms with van der Waals surface area (Å²) in [6, 6.07) is 15.3. The average Bonchev–Trinajstić information content (AvgIpc) is 2.96. The molecule has 2 unspecified atom stereocenters. The maximum atomic E-state index is 15.1. The van der Waals surface area contributed by atoms with E-state index in [9.17, 15) is 8.78 Å². The van der Waals surface area contributed by atoms with Crippen LogP contribution < -0.4 is 4.74 Å². The number of rotatable bonds is 12. The molecule has 0 bridgehead atoms. The van der Waals surface area contributed by atoms with Crippen molar-refractivity contribution in [2.45, 2.75) is 71.3 Å². The standard InChI is InChI=1S/C34H39F3O2/c1-3-5-7-9-21-38-32-20-18-28(33(36)34(32)37)26-14-12-25(13-15-26)27-16-17-29(30(35)22-27)31-19-11-24(23-39-31)10-8-6-4-2/h4,6,12-18,20,22,24,31H,3,5,7-11,19,21,23H2,1-2H3. The van der Waals surface area contributed by atoms with Crippen molar-refractivity contribution in [3.8, 4) is 28.0 Å². The van der Waals surface area contributed by atoms with Gasteiger partial charge in [0.05, 0.1) is 19.3 Å². The number of allylic oxidation sites excluding steroid dienone is 2. The van der Waals surface area contributed by atoms with Gasteiger partial charge in [0.25, 0.3) is 0 Å². The Balaban J connectivity index is 1.39. The number of hydrogen-bond donors (Lipinski definition) is 0. The molecular formula is C34H39F3O2. The maximum Gasteiger partial charge on any atom is 0.201 e. The van der Waals surface area contributed by atoms with Gasteiger partial charge in [-0.3, -0.25) is 0 Å². The van der Waals surface area contributed by atoms with Crippen LogP contribution in [-0.2, 0) is 4.74 Å². The van der Waals surface area contributed by atoms with Crippen LogP contribution in [0.15, 0.2) is 66.7 Å². The zero-order valence-corrected chi connectivity index (χ0v) is 23.0. The Hall–Kier alpha value is -3.05. The average molecular weight is 537 g/mol. The third-order valence-electron chi connectivity index (χ3n) is 7.53. The van der Waals surface area contributed by atoms with Crippen LogP contribution in [0.4, 0.5) is 13.2 Å². The molecule has 0 aromatic heterocycles. The summed E-state index contributed by atoms with van der Waals surface area (Å²) in [4.78, 5) is 0. The van der Waals surface area contributed by atoms with Gasteiger partial charge in [0.1, 0.15) is 5.82 Å². The van der Waals surface area contributed by atoms with E-state index >= 15 is 4.39 Å². The fraction of sp³-hybridized carbons (Fsp3) is 0.412. The van der Waals surface area contributed by atoms with Crippen molar-refractivity contribution in [2.24, 2.45) is 5.92 Å². The summed E-state index contributed by atoms with van der Waals surface area (Å²) in [5.41, 5.74) is 2.82. The van der Waals surface area contributed by atoms with Crippen LogP contribution in [0.3, 0.4) is 0 Å². The van der Waals surface area contributed by atoms with Crippen LogP contribution in [0.2, 0.25) is 0 Å². The van der Waals surface area contributed by atoms with E-state index in [1.54, 1.807) is 36.4 Å². The highest BCUT2D eigenvalue weighted by atomic mass is 19.2. The molecule has 208 valence electrons. The molecule has 2 nitrogen and oxygen atoms in total. The minimum atomic E-state index is -0.973. The minimum absolute atomic E-state index is 0.0638. The highest BCUT2D eigenvalue weighted by molar-refractivity contribution is 5.71. The van der Waals surface area contributed by atoms with E-state index in [1.165, 1.54) is 12.1 Å². The van der Waals surface area contributed by atoms with Crippen molar-refractivity contribution in [1.82, 2.24) is 0 Å². The highest BCUT2D eigenvalue weighted by Crippen LogP contribution is 2.36. The molecule has 0 saturated carbocycles. The second-order valence-corrected chi connectivity index (χ2v) is 10.4. The lowest BCUT2D eigenvalue weighted by atomic mass is 9.90. The number of unbranched alkanes of at least 4 members (excludes halogenated alkanes) is 3. The van der Waals surface area contributed by atoms with E-state index in [2.05, 4.69) is 19.1 Å². The van der Waals surface area contributed by atoms with Gasteiger partial charge in [-0.25, -0.2) is 8.78 Å². The molecular weight excluding hydrogens is 497 g/mol. The van der Waals surface area contributed by atoms with E-state index in [1.807, 2.05) is 13.0 Å². The molecule has 5 heteroatoms. The molecule has 1 saturated heterocycles. The Bertz CT molecular complexity index is 1230. The molecule has 3 aromatic carbocycles. The number of ether oxygens (including phenoxy) is 2. The van der Waals surface area contributed by atoms with Gasteiger partial charge >= 0.3 is 0 Å². The lowest BCUT2D eigenvalue weighted by Gasteiger charge is -2.29. The fourth-order valence-electron chi connectivity index (χ4n) is 5.16. The lowest BCUT2D eigenvalue weighted by Crippen LogP contribution is -2.21. The predicted octanol–water partition coefficient (Wildman–Crippen LogP) is 10.2. The van der Waals surface area contributed by atoms with Crippen molar-refractivity contribution in [2.75, 3.05) is 13.2 Å². The SMILES string of the molecule is CC=CCCC1CCC(c2ccc(-c3ccc(-c4ccc(OCCCCCC)c(F)c4F)cc3)cc2F)OC1. The third kappa shape index (κ3) is 7.54. The first-order valence-corrected chi connectivity index (χ1v) is 14.3. The van der Waals surface area contributed by atoms with Crippen molar-refractivity contribution in [3.63, 3.8) is 0 Å². The van der Waals surface area contributed by atoms with Crippen molar-refractivity contribution < 1.29 is 22.6 Å². The van der Waals surface area contributed by atoms with Gasteiger partial charge < -0.3 is 9.47 Å². The van der Waals surface area contributed by atoms with Gasteiger partial charge in [-0.15, -0.1) is 0 Å². The van der Waals surface area contributed by atoms with Crippen molar-refractivity contribution in [1.29, 1.82) is 0 Å². The van der Waals surface area contributed by atoms with Gasteiger partial charge in [0, 0.05) is 11.1 Å². The summed E-state index contributed by atoms with van der Waals surface area (Å²) in [7, 11) is 0. The Morgan fingerprint density at radius 2 is 1.64 bits per heavy atom. The summed E-state index contributed by atoms with van der Waals surface area (Å²) in [5.74, 6) is -1.73. The molecule has 0 spiro atoms. The largest absolute Gasteiger partial charge is 0.490 e. The first kappa shape index (κ1) is 28.9. The Labute approximate surface area is 230 Å². The molecule has 1 aliphatic heterocycles. The first-order valence-electron chi connectivity index (χ1n) is 14.3. The van der Waals surface area contributed by atoms with Crippen molar-refractivity contribution in [3.05, 3.63) is 89.8 Å². The highest BCUT2D eigenvalue weighted by Gasteiger charge is 2.25. The van der Waals surface area contributed by atoms with Gasteiger partial charge in [0.2, 0.25) is 5.82 Å². The molecule has 1 aliphatic rings. The molecule has 0 radical (unpaired) electrons. The number of halogens is 3. The summed E-state index contributed by atoms with van der Waals surface area (Å²) in [6.07, 6.45) is 12.0. The smallest absolute Gasteiger partial charge is 0.201 e. The van der Waals surface area contributed by atoms with Gasteiger partial charge in [-0.1, -0.05) is 74.7 Å². The quantitative estimate of drug-likeness (QED) is 0.169. The van der Waals surface area contributed by atoms with Gasteiger partial charge in [-0.2, -0.15) is 4.39 Å². The van der Waals surface area contributed by atoms with Crippen LogP contribution in [0.5, 0.6) is 5.75 Å². The van der Waals surface area contributed by atoms with Crippen LogP contribution in [0.25, 0.3) is 22.3 Å². The Morgan fingerprint density at radius 3 is 2.33 bits per heavy atom. The van der Waals surface area contributed by atoms with Crippen LogP contribution >= 0.6 is 0 Å². The second-order valence-electron chi connectivity index (χ2n) is 10.4. The molecule has 4 rings (SSSR count). The third-order valence-corrected chi connectivity index (χ3v) is 7.53. The monoisotopic (exact) mass is 536 g/mol. The lowest BCUT2D eigenvalue weighted by molar-refractivity contribution is -0.0207. The molecule has 1 fully saturated rings. The molecule has 2 atom stereocenters. The molecule has 0 N–H and O–H groups in total. The minimum Gasteiger partial charge on any atom is -0.490 e. The Morgan fingerprint density at radius 1 is 0.872 bits per heavy atom. The summed E-state index contributed by atoms with van der Waals surface area (Å²) in [5, 5.41) is 0. The zero-order valence-electron chi connectivity index (χ0n) is 23.0. The number of benzene rings is 3.